The summed E-state index contributed by atoms with van der Waals surface area (Å²) in [7, 11) is 0. The average Bonchev–Trinajstić information content (AvgIpc) is 2.72. The summed E-state index contributed by atoms with van der Waals surface area (Å²) in [6.07, 6.45) is 1.28. The molecular formula is C20H17N3O5. The summed E-state index contributed by atoms with van der Waals surface area (Å²) in [6, 6.07) is 19.5. The largest absolute Gasteiger partial charge is 0.489 e. The monoisotopic (exact) mass is 379 g/mol. The molecule has 1 heterocycles. The van der Waals surface area contributed by atoms with Gasteiger partial charge in [-0.2, -0.15) is 0 Å². The molecule has 1 aromatic heterocycles. The van der Waals surface area contributed by atoms with Gasteiger partial charge in [0.15, 0.2) is 6.61 Å². The van der Waals surface area contributed by atoms with Crippen molar-refractivity contribution in [3.05, 3.63) is 88.6 Å². The fourth-order valence-electron chi connectivity index (χ4n) is 2.35. The summed E-state index contributed by atoms with van der Waals surface area (Å²) in [5, 5.41) is 13.5. The van der Waals surface area contributed by atoms with Crippen molar-refractivity contribution in [2.75, 3.05) is 11.9 Å². The predicted molar refractivity (Wildman–Crippen MR) is 102 cm³/mol. The van der Waals surface area contributed by atoms with Crippen LogP contribution in [0.2, 0.25) is 0 Å². The van der Waals surface area contributed by atoms with Gasteiger partial charge in [-0.25, -0.2) is 0 Å². The second kappa shape index (κ2) is 9.13. The first kappa shape index (κ1) is 18.8. The molecule has 1 amide bonds. The first-order valence-corrected chi connectivity index (χ1v) is 8.40. The maximum atomic E-state index is 12.0. The van der Waals surface area contributed by atoms with Crippen molar-refractivity contribution in [1.29, 1.82) is 0 Å². The fourth-order valence-corrected chi connectivity index (χ4v) is 2.35. The van der Waals surface area contributed by atoms with Gasteiger partial charge in [-0.05, 0) is 51.9 Å². The average molecular weight is 379 g/mol. The van der Waals surface area contributed by atoms with Crippen LogP contribution in [0.3, 0.4) is 0 Å². The number of aromatic nitrogens is 1. The van der Waals surface area contributed by atoms with E-state index in [-0.39, 0.29) is 12.4 Å². The van der Waals surface area contributed by atoms with Gasteiger partial charge in [-0.15, -0.1) is 0 Å². The molecule has 0 aliphatic heterocycles. The van der Waals surface area contributed by atoms with E-state index in [4.69, 9.17) is 9.47 Å². The number of carbonyl (C=O) groups excluding carboxylic acids is 1. The summed E-state index contributed by atoms with van der Waals surface area (Å²) in [4.78, 5) is 25.8. The number of ether oxygens (including phenoxy) is 2. The van der Waals surface area contributed by atoms with E-state index in [2.05, 4.69) is 10.3 Å². The molecule has 3 rings (SSSR count). The summed E-state index contributed by atoms with van der Waals surface area (Å²) in [5.41, 5.74) is 1.61. The van der Waals surface area contributed by atoms with Gasteiger partial charge in [0, 0.05) is 5.69 Å². The van der Waals surface area contributed by atoms with Crippen molar-refractivity contribution in [2.24, 2.45) is 0 Å². The summed E-state index contributed by atoms with van der Waals surface area (Å²) in [5.74, 6) is -0.275. The Bertz CT molecular complexity index is 946. The minimum atomic E-state index is -0.665. The molecule has 0 saturated carbocycles. The highest BCUT2D eigenvalue weighted by Gasteiger charge is 2.16. The standard InChI is InChI=1S/C20H17N3O5/c24-19(14-28-18-7-4-12-21-20(18)23(25)26)22-16-8-10-17(11-9-16)27-13-15-5-2-1-3-6-15/h1-12H,13-14H2,(H,22,24). The third-order valence-corrected chi connectivity index (χ3v) is 3.67. The highest BCUT2D eigenvalue weighted by atomic mass is 16.6. The Hall–Kier alpha value is -3.94. The SMILES string of the molecule is O=C(COc1cccnc1[N+](=O)[O-])Nc1ccc(OCc2ccccc2)cc1. The third kappa shape index (κ3) is 5.28. The Morgan fingerprint density at radius 3 is 2.46 bits per heavy atom. The van der Waals surface area contributed by atoms with E-state index in [1.54, 1.807) is 24.3 Å². The number of carbonyl (C=O) groups is 1. The van der Waals surface area contributed by atoms with Gasteiger partial charge in [0.2, 0.25) is 5.75 Å². The molecule has 142 valence electrons. The quantitative estimate of drug-likeness (QED) is 0.474. The normalized spacial score (nSPS) is 10.1. The van der Waals surface area contributed by atoms with Crippen LogP contribution in [0.15, 0.2) is 72.9 Å². The van der Waals surface area contributed by atoms with Crippen LogP contribution in [-0.2, 0) is 11.4 Å². The Morgan fingerprint density at radius 2 is 1.75 bits per heavy atom. The molecule has 0 aliphatic rings. The summed E-state index contributed by atoms with van der Waals surface area (Å²) >= 11 is 0. The number of amides is 1. The Morgan fingerprint density at radius 1 is 1.00 bits per heavy atom. The van der Waals surface area contributed by atoms with Crippen molar-refractivity contribution >= 4 is 17.4 Å². The van der Waals surface area contributed by atoms with E-state index in [0.717, 1.165) is 5.56 Å². The lowest BCUT2D eigenvalue weighted by molar-refractivity contribution is -0.390. The molecule has 2 aromatic carbocycles. The van der Waals surface area contributed by atoms with Crippen LogP contribution in [0.5, 0.6) is 11.5 Å². The molecule has 0 fully saturated rings. The number of pyridine rings is 1. The summed E-state index contributed by atoms with van der Waals surface area (Å²) < 4.78 is 10.9. The van der Waals surface area contributed by atoms with Gasteiger partial charge in [0.05, 0.1) is 0 Å². The molecule has 0 radical (unpaired) electrons. The second-order valence-corrected chi connectivity index (χ2v) is 5.72. The minimum absolute atomic E-state index is 0.0627. The van der Waals surface area contributed by atoms with Crippen LogP contribution in [0.1, 0.15) is 5.56 Å². The molecule has 0 saturated heterocycles. The zero-order valence-corrected chi connectivity index (χ0v) is 14.8. The topological polar surface area (TPSA) is 104 Å². The number of anilines is 1. The molecule has 3 aromatic rings. The lowest BCUT2D eigenvalue weighted by Gasteiger charge is -2.09. The molecule has 1 N–H and O–H groups in total. The lowest BCUT2D eigenvalue weighted by atomic mass is 10.2. The van der Waals surface area contributed by atoms with Gasteiger partial charge in [0.25, 0.3) is 5.91 Å². The van der Waals surface area contributed by atoms with Crippen LogP contribution < -0.4 is 14.8 Å². The second-order valence-electron chi connectivity index (χ2n) is 5.72. The van der Waals surface area contributed by atoms with E-state index in [1.807, 2.05) is 30.3 Å². The van der Waals surface area contributed by atoms with Crippen LogP contribution in [0.4, 0.5) is 11.5 Å². The highest BCUT2D eigenvalue weighted by molar-refractivity contribution is 5.91. The van der Waals surface area contributed by atoms with E-state index in [9.17, 15) is 14.9 Å². The Kier molecular flexibility index (Phi) is 6.14. The predicted octanol–water partition coefficient (Wildman–Crippen LogP) is 3.59. The van der Waals surface area contributed by atoms with Gasteiger partial charge >= 0.3 is 5.82 Å². The number of hydrogen-bond acceptors (Lipinski definition) is 6. The van der Waals surface area contributed by atoms with Gasteiger partial charge in [-0.3, -0.25) is 4.79 Å². The van der Waals surface area contributed by atoms with Crippen LogP contribution in [0, 0.1) is 10.1 Å². The minimum Gasteiger partial charge on any atom is -0.489 e. The smallest absolute Gasteiger partial charge is 0.406 e. The molecular weight excluding hydrogens is 362 g/mol. The maximum absolute atomic E-state index is 12.0. The number of rotatable bonds is 8. The third-order valence-electron chi connectivity index (χ3n) is 3.67. The number of nitrogens with one attached hydrogen (secondary N) is 1. The van der Waals surface area contributed by atoms with Crippen LogP contribution in [-0.4, -0.2) is 22.4 Å². The van der Waals surface area contributed by atoms with Crippen LogP contribution >= 0.6 is 0 Å². The summed E-state index contributed by atoms with van der Waals surface area (Å²) in [6.45, 7) is 0.0725. The van der Waals surface area contributed by atoms with Gasteiger partial charge in [-0.1, -0.05) is 30.3 Å². The number of nitrogens with zero attached hydrogens (tertiary/aromatic N) is 2. The number of nitro groups is 1. The first-order chi connectivity index (χ1) is 13.6. The molecule has 0 atom stereocenters. The fraction of sp³-hybridized carbons (Fsp3) is 0.100. The molecule has 8 heteroatoms. The van der Waals surface area contributed by atoms with Gasteiger partial charge in [0.1, 0.15) is 18.6 Å². The van der Waals surface area contributed by atoms with Crippen molar-refractivity contribution in [3.63, 3.8) is 0 Å². The molecule has 0 bridgehead atoms. The molecule has 0 unspecified atom stereocenters. The number of hydrogen-bond donors (Lipinski definition) is 1. The van der Waals surface area contributed by atoms with Crippen LogP contribution in [0.25, 0.3) is 0 Å². The van der Waals surface area contributed by atoms with Crippen molar-refractivity contribution in [2.45, 2.75) is 6.61 Å². The Balaban J connectivity index is 1.50. The van der Waals surface area contributed by atoms with E-state index < -0.39 is 16.6 Å². The van der Waals surface area contributed by atoms with Gasteiger partial charge < -0.3 is 24.9 Å². The van der Waals surface area contributed by atoms with E-state index in [0.29, 0.717) is 18.0 Å². The van der Waals surface area contributed by atoms with Crippen molar-refractivity contribution in [3.8, 4) is 11.5 Å². The molecule has 28 heavy (non-hydrogen) atoms. The first-order valence-electron chi connectivity index (χ1n) is 8.40. The van der Waals surface area contributed by atoms with Crippen molar-refractivity contribution in [1.82, 2.24) is 4.98 Å². The van der Waals surface area contributed by atoms with Crippen molar-refractivity contribution < 1.29 is 19.2 Å². The number of benzene rings is 2. The van der Waals surface area contributed by atoms with E-state index >= 15 is 0 Å². The highest BCUT2D eigenvalue weighted by Crippen LogP contribution is 2.23. The molecule has 0 spiro atoms. The zero-order valence-electron chi connectivity index (χ0n) is 14.8. The lowest BCUT2D eigenvalue weighted by Crippen LogP contribution is -2.20. The Labute approximate surface area is 160 Å². The molecule has 0 aliphatic carbocycles. The molecule has 8 nitrogen and oxygen atoms in total. The maximum Gasteiger partial charge on any atom is 0.406 e. The zero-order chi connectivity index (χ0) is 19.8. The van der Waals surface area contributed by atoms with E-state index in [1.165, 1.54) is 18.3 Å².